The van der Waals surface area contributed by atoms with E-state index in [1.54, 1.807) is 7.11 Å². The van der Waals surface area contributed by atoms with E-state index >= 15 is 0 Å². The van der Waals surface area contributed by atoms with Crippen molar-refractivity contribution in [2.24, 2.45) is 0 Å². The minimum absolute atomic E-state index is 0.334. The maximum atomic E-state index is 5.94. The molecule has 0 aromatic heterocycles. The molecule has 17 heavy (non-hydrogen) atoms. The molecule has 1 aromatic carbocycles. The molecule has 2 atom stereocenters. The number of benzene rings is 1. The summed E-state index contributed by atoms with van der Waals surface area (Å²) < 4.78 is 11.1. The van der Waals surface area contributed by atoms with Gasteiger partial charge in [-0.25, -0.2) is 0 Å². The van der Waals surface area contributed by atoms with Crippen LogP contribution in [0.1, 0.15) is 12.0 Å². The largest absolute Gasteiger partial charge is 0.383 e. The van der Waals surface area contributed by atoms with Crippen molar-refractivity contribution in [2.45, 2.75) is 25.2 Å². The van der Waals surface area contributed by atoms with Gasteiger partial charge in [0.15, 0.2) is 0 Å². The molecule has 1 fully saturated rings. The Morgan fingerprint density at radius 1 is 1.29 bits per heavy atom. The molecule has 0 amide bonds. The van der Waals surface area contributed by atoms with Crippen molar-refractivity contribution in [3.05, 3.63) is 35.9 Å². The topological polar surface area (TPSA) is 21.7 Å². The van der Waals surface area contributed by atoms with Crippen LogP contribution < -0.4 is 0 Å². The van der Waals surface area contributed by atoms with E-state index in [9.17, 15) is 0 Å². The average Bonchev–Trinajstić information content (AvgIpc) is 2.70. The van der Waals surface area contributed by atoms with Crippen LogP contribution in [-0.4, -0.2) is 44.4 Å². The summed E-state index contributed by atoms with van der Waals surface area (Å²) in [6, 6.07) is 10.8. The van der Waals surface area contributed by atoms with Crippen LogP contribution in [0, 0.1) is 0 Å². The van der Waals surface area contributed by atoms with E-state index in [0.717, 1.165) is 19.6 Å². The number of nitrogens with zero attached hydrogens (tertiary/aromatic N) is 1. The van der Waals surface area contributed by atoms with Crippen LogP contribution in [0.4, 0.5) is 0 Å². The molecule has 1 aromatic rings. The van der Waals surface area contributed by atoms with Gasteiger partial charge in [0.2, 0.25) is 0 Å². The second kappa shape index (κ2) is 6.15. The predicted octanol–water partition coefficient (Wildman–Crippen LogP) is 1.92. The molecule has 2 unspecified atom stereocenters. The summed E-state index contributed by atoms with van der Waals surface area (Å²) in [4.78, 5) is 2.32. The van der Waals surface area contributed by atoms with Gasteiger partial charge < -0.3 is 9.47 Å². The predicted molar refractivity (Wildman–Crippen MR) is 67.9 cm³/mol. The number of rotatable bonds is 5. The van der Waals surface area contributed by atoms with Crippen LogP contribution in [0.3, 0.4) is 0 Å². The fourth-order valence-electron chi connectivity index (χ4n) is 2.32. The van der Waals surface area contributed by atoms with Gasteiger partial charge in [0.05, 0.1) is 19.3 Å². The van der Waals surface area contributed by atoms with Gasteiger partial charge in [-0.1, -0.05) is 30.3 Å². The van der Waals surface area contributed by atoms with Crippen LogP contribution in [0.25, 0.3) is 0 Å². The van der Waals surface area contributed by atoms with Crippen molar-refractivity contribution in [2.75, 3.05) is 27.3 Å². The van der Waals surface area contributed by atoms with E-state index in [1.165, 1.54) is 5.56 Å². The molecule has 0 spiro atoms. The molecule has 0 radical (unpaired) electrons. The van der Waals surface area contributed by atoms with Gasteiger partial charge in [-0.05, 0) is 19.0 Å². The Morgan fingerprint density at radius 3 is 2.76 bits per heavy atom. The summed E-state index contributed by atoms with van der Waals surface area (Å²) in [7, 11) is 3.89. The van der Waals surface area contributed by atoms with Crippen molar-refractivity contribution in [3.8, 4) is 0 Å². The van der Waals surface area contributed by atoms with Gasteiger partial charge in [0.1, 0.15) is 0 Å². The molecule has 0 saturated carbocycles. The van der Waals surface area contributed by atoms with Crippen molar-refractivity contribution in [1.29, 1.82) is 0 Å². The van der Waals surface area contributed by atoms with Crippen LogP contribution in [0.15, 0.2) is 30.3 Å². The molecule has 0 aliphatic carbocycles. The van der Waals surface area contributed by atoms with Crippen LogP contribution >= 0.6 is 0 Å². The molecule has 1 saturated heterocycles. The molecule has 3 heteroatoms. The zero-order valence-corrected chi connectivity index (χ0v) is 10.6. The molecule has 1 aliphatic rings. The lowest BCUT2D eigenvalue weighted by atomic mass is 10.2. The summed E-state index contributed by atoms with van der Waals surface area (Å²) in [5.74, 6) is 0. The van der Waals surface area contributed by atoms with E-state index in [4.69, 9.17) is 9.47 Å². The summed E-state index contributed by atoms with van der Waals surface area (Å²) in [5, 5.41) is 0. The molecule has 0 bridgehead atoms. The minimum Gasteiger partial charge on any atom is -0.383 e. The lowest BCUT2D eigenvalue weighted by Gasteiger charge is -2.16. The summed E-state index contributed by atoms with van der Waals surface area (Å²) >= 11 is 0. The first-order valence-electron chi connectivity index (χ1n) is 6.14. The number of likely N-dealkylation sites (N-methyl/N-ethyl adjacent to an activating group) is 1. The Morgan fingerprint density at radius 2 is 2.06 bits per heavy atom. The molecule has 1 heterocycles. The number of ether oxygens (including phenoxy) is 2. The molecule has 3 nitrogen and oxygen atoms in total. The SMILES string of the molecule is COCC1CC(OCc2ccccc2)CN1C. The summed E-state index contributed by atoms with van der Waals surface area (Å²) in [5.41, 5.74) is 1.24. The lowest BCUT2D eigenvalue weighted by molar-refractivity contribution is 0.0476. The quantitative estimate of drug-likeness (QED) is 0.778. The van der Waals surface area contributed by atoms with E-state index < -0.39 is 0 Å². The fourth-order valence-corrected chi connectivity index (χ4v) is 2.32. The zero-order chi connectivity index (χ0) is 12.1. The third-order valence-electron chi connectivity index (χ3n) is 3.34. The first-order valence-corrected chi connectivity index (χ1v) is 6.14. The highest BCUT2D eigenvalue weighted by Gasteiger charge is 2.29. The minimum atomic E-state index is 0.334. The van der Waals surface area contributed by atoms with Crippen molar-refractivity contribution in [3.63, 3.8) is 0 Å². The van der Waals surface area contributed by atoms with Gasteiger partial charge in [-0.15, -0.1) is 0 Å². The second-order valence-corrected chi connectivity index (χ2v) is 4.70. The van der Waals surface area contributed by atoms with Crippen LogP contribution in [0.5, 0.6) is 0 Å². The van der Waals surface area contributed by atoms with Gasteiger partial charge >= 0.3 is 0 Å². The van der Waals surface area contributed by atoms with Gasteiger partial charge in [0.25, 0.3) is 0 Å². The fraction of sp³-hybridized carbons (Fsp3) is 0.571. The molecule has 1 aliphatic heterocycles. The number of methoxy groups -OCH3 is 1. The Hall–Kier alpha value is -0.900. The van der Waals surface area contributed by atoms with E-state index in [1.807, 2.05) is 18.2 Å². The first kappa shape index (κ1) is 12.6. The smallest absolute Gasteiger partial charge is 0.0722 e. The average molecular weight is 235 g/mol. The second-order valence-electron chi connectivity index (χ2n) is 4.70. The lowest BCUT2D eigenvalue weighted by Crippen LogP contribution is -2.28. The van der Waals surface area contributed by atoms with Crippen LogP contribution in [0.2, 0.25) is 0 Å². The molecular weight excluding hydrogens is 214 g/mol. The van der Waals surface area contributed by atoms with E-state index in [-0.39, 0.29) is 0 Å². The Balaban J connectivity index is 1.78. The van der Waals surface area contributed by atoms with Crippen molar-refractivity contribution in [1.82, 2.24) is 4.90 Å². The highest BCUT2D eigenvalue weighted by molar-refractivity contribution is 5.13. The van der Waals surface area contributed by atoms with Gasteiger partial charge in [-0.3, -0.25) is 4.90 Å². The highest BCUT2D eigenvalue weighted by atomic mass is 16.5. The summed E-state index contributed by atoms with van der Waals surface area (Å²) in [6.07, 6.45) is 1.40. The van der Waals surface area contributed by atoms with Gasteiger partial charge in [-0.2, -0.15) is 0 Å². The molecule has 2 rings (SSSR count). The summed E-state index contributed by atoms with van der Waals surface area (Å²) in [6.45, 7) is 2.50. The number of likely N-dealkylation sites (tertiary alicyclic amines) is 1. The Bertz CT molecular complexity index is 328. The normalized spacial score (nSPS) is 25.3. The molecular formula is C14H21NO2. The van der Waals surface area contributed by atoms with Crippen LogP contribution in [-0.2, 0) is 16.1 Å². The number of hydrogen-bond donors (Lipinski definition) is 0. The zero-order valence-electron chi connectivity index (χ0n) is 10.6. The maximum Gasteiger partial charge on any atom is 0.0722 e. The third kappa shape index (κ3) is 3.53. The molecule has 94 valence electrons. The standard InChI is InChI=1S/C14H21NO2/c1-15-9-14(8-13(15)11-16-2)17-10-12-6-4-3-5-7-12/h3-7,13-14H,8-11H2,1-2H3. The van der Waals surface area contributed by atoms with E-state index in [0.29, 0.717) is 18.8 Å². The van der Waals surface area contributed by atoms with Gasteiger partial charge in [0, 0.05) is 19.7 Å². The van der Waals surface area contributed by atoms with E-state index in [2.05, 4.69) is 24.1 Å². The monoisotopic (exact) mass is 235 g/mol. The first-order chi connectivity index (χ1) is 8.29. The number of hydrogen-bond acceptors (Lipinski definition) is 3. The molecule has 0 N–H and O–H groups in total. The third-order valence-corrected chi connectivity index (χ3v) is 3.34. The highest BCUT2D eigenvalue weighted by Crippen LogP contribution is 2.19. The van der Waals surface area contributed by atoms with Crippen molar-refractivity contribution < 1.29 is 9.47 Å². The Kier molecular flexibility index (Phi) is 4.54. The maximum absolute atomic E-state index is 5.94. The van der Waals surface area contributed by atoms with Crippen molar-refractivity contribution >= 4 is 0 Å². The Labute approximate surface area is 103 Å².